The molecule has 0 aromatic carbocycles. The van der Waals surface area contributed by atoms with E-state index in [2.05, 4.69) is 20.0 Å². The van der Waals surface area contributed by atoms with Gasteiger partial charge in [-0.3, -0.25) is 0 Å². The van der Waals surface area contributed by atoms with Crippen molar-refractivity contribution < 1.29 is 14.6 Å². The van der Waals surface area contributed by atoms with Crippen molar-refractivity contribution in [2.24, 2.45) is 5.11 Å². The van der Waals surface area contributed by atoms with Gasteiger partial charge < -0.3 is 9.84 Å². The van der Waals surface area contributed by atoms with Crippen LogP contribution in [0.15, 0.2) is 23.4 Å². The molecule has 0 radical (unpaired) electrons. The first-order valence-electron chi connectivity index (χ1n) is 5.38. The summed E-state index contributed by atoms with van der Waals surface area (Å²) in [5, 5.41) is 13.5. The molecule has 2 rings (SSSR count). The van der Waals surface area contributed by atoms with Crippen LogP contribution in [-0.2, 0) is 4.74 Å². The second-order valence-electron chi connectivity index (χ2n) is 3.47. The number of pyridine rings is 2. The van der Waals surface area contributed by atoms with E-state index in [1.54, 1.807) is 6.92 Å². The van der Waals surface area contributed by atoms with Crippen LogP contribution in [0.5, 0.6) is 5.88 Å². The third-order valence-electron chi connectivity index (χ3n) is 2.34. The van der Waals surface area contributed by atoms with Crippen LogP contribution in [0.4, 0.5) is 5.69 Å². The number of hydrogen-bond donors (Lipinski definition) is 1. The van der Waals surface area contributed by atoms with E-state index in [0.29, 0.717) is 5.39 Å². The molecule has 0 fully saturated rings. The molecule has 0 saturated heterocycles. The number of carbonyl (C=O) groups is 1. The molecule has 8 heteroatoms. The number of fused-ring (bicyclic) bond motifs is 1. The molecule has 19 heavy (non-hydrogen) atoms. The van der Waals surface area contributed by atoms with Crippen LogP contribution in [0.3, 0.4) is 0 Å². The predicted molar refractivity (Wildman–Crippen MR) is 66.0 cm³/mol. The number of azide groups is 1. The second-order valence-corrected chi connectivity index (χ2v) is 3.47. The maximum atomic E-state index is 11.6. The summed E-state index contributed by atoms with van der Waals surface area (Å²) in [4.78, 5) is 22.0. The molecule has 0 aliphatic carbocycles. The first kappa shape index (κ1) is 12.6. The Bertz CT molecular complexity index is 694. The summed E-state index contributed by atoms with van der Waals surface area (Å²) >= 11 is 0. The van der Waals surface area contributed by atoms with Crippen molar-refractivity contribution in [2.45, 2.75) is 6.92 Å². The van der Waals surface area contributed by atoms with Crippen LogP contribution in [0.2, 0.25) is 0 Å². The quantitative estimate of drug-likeness (QED) is 0.392. The monoisotopic (exact) mass is 259 g/mol. The number of aromatic hydroxyl groups is 1. The largest absolute Gasteiger partial charge is 0.493 e. The number of aromatic nitrogens is 2. The predicted octanol–water partition coefficient (Wildman–Crippen LogP) is 2.45. The van der Waals surface area contributed by atoms with Gasteiger partial charge in [-0.25, -0.2) is 9.78 Å². The van der Waals surface area contributed by atoms with Crippen LogP contribution in [-0.4, -0.2) is 27.7 Å². The van der Waals surface area contributed by atoms with Gasteiger partial charge in [-0.15, -0.1) is 0 Å². The molecule has 0 amide bonds. The minimum atomic E-state index is -0.704. The van der Waals surface area contributed by atoms with Crippen LogP contribution >= 0.6 is 0 Å². The van der Waals surface area contributed by atoms with Crippen molar-refractivity contribution in [3.8, 4) is 5.88 Å². The van der Waals surface area contributed by atoms with Gasteiger partial charge in [0.15, 0.2) is 5.65 Å². The lowest BCUT2D eigenvalue weighted by Crippen LogP contribution is -2.06. The lowest BCUT2D eigenvalue weighted by Gasteiger charge is -2.06. The van der Waals surface area contributed by atoms with E-state index >= 15 is 0 Å². The Kier molecular flexibility index (Phi) is 3.44. The Morgan fingerprint density at radius 3 is 3.11 bits per heavy atom. The Labute approximate surface area is 107 Å². The molecule has 0 spiro atoms. The minimum absolute atomic E-state index is 0.100. The van der Waals surface area contributed by atoms with Crippen molar-refractivity contribution >= 4 is 22.7 Å². The van der Waals surface area contributed by atoms with Gasteiger partial charge in [0.05, 0.1) is 12.3 Å². The van der Waals surface area contributed by atoms with Crippen LogP contribution in [0, 0.1) is 0 Å². The third kappa shape index (κ3) is 2.38. The Morgan fingerprint density at radius 2 is 2.42 bits per heavy atom. The van der Waals surface area contributed by atoms with Gasteiger partial charge in [-0.1, -0.05) is 5.11 Å². The zero-order valence-corrected chi connectivity index (χ0v) is 9.94. The zero-order valence-electron chi connectivity index (χ0n) is 9.94. The molecule has 2 aromatic heterocycles. The SMILES string of the molecule is CCOC(=O)c1cc2c(N=[N+]=[N-])ccnc2nc1O. The van der Waals surface area contributed by atoms with Gasteiger partial charge in [-0.05, 0) is 24.6 Å². The minimum Gasteiger partial charge on any atom is -0.493 e. The van der Waals surface area contributed by atoms with E-state index in [1.807, 2.05) is 0 Å². The van der Waals surface area contributed by atoms with Gasteiger partial charge in [-0.2, -0.15) is 4.98 Å². The Balaban J connectivity index is 2.68. The Morgan fingerprint density at radius 1 is 1.63 bits per heavy atom. The smallest absolute Gasteiger partial charge is 0.343 e. The van der Waals surface area contributed by atoms with Crippen LogP contribution in [0.25, 0.3) is 21.5 Å². The van der Waals surface area contributed by atoms with Gasteiger partial charge in [0.25, 0.3) is 0 Å². The highest BCUT2D eigenvalue weighted by Gasteiger charge is 2.16. The molecule has 2 aromatic rings. The molecule has 2 heterocycles. The number of rotatable bonds is 3. The first-order chi connectivity index (χ1) is 9.17. The molecule has 0 unspecified atom stereocenters. The average Bonchev–Trinajstić information content (AvgIpc) is 2.38. The van der Waals surface area contributed by atoms with Crippen molar-refractivity contribution in [3.05, 3.63) is 34.3 Å². The highest BCUT2D eigenvalue weighted by atomic mass is 16.5. The Hall–Kier alpha value is -2.86. The van der Waals surface area contributed by atoms with E-state index in [9.17, 15) is 9.90 Å². The number of nitrogens with zero attached hydrogens (tertiary/aromatic N) is 5. The number of esters is 1. The molecule has 96 valence electrons. The number of carbonyl (C=O) groups excluding carboxylic acids is 1. The van der Waals surface area contributed by atoms with Gasteiger partial charge in [0.2, 0.25) is 5.88 Å². The molecule has 0 saturated carbocycles. The lowest BCUT2D eigenvalue weighted by atomic mass is 10.2. The molecular formula is C11H9N5O3. The van der Waals surface area contributed by atoms with Crippen molar-refractivity contribution in [1.82, 2.24) is 9.97 Å². The highest BCUT2D eigenvalue weighted by molar-refractivity contribution is 5.98. The average molecular weight is 259 g/mol. The van der Waals surface area contributed by atoms with E-state index in [-0.39, 0.29) is 23.5 Å². The lowest BCUT2D eigenvalue weighted by molar-refractivity contribution is 0.0522. The molecule has 0 aliphatic heterocycles. The van der Waals surface area contributed by atoms with E-state index in [0.717, 1.165) is 0 Å². The molecule has 1 N–H and O–H groups in total. The van der Waals surface area contributed by atoms with E-state index in [1.165, 1.54) is 18.3 Å². The fraction of sp³-hybridized carbons (Fsp3) is 0.182. The summed E-state index contributed by atoms with van der Waals surface area (Å²) in [7, 11) is 0. The first-order valence-corrected chi connectivity index (χ1v) is 5.38. The van der Waals surface area contributed by atoms with Crippen molar-refractivity contribution in [2.75, 3.05) is 6.61 Å². The highest BCUT2D eigenvalue weighted by Crippen LogP contribution is 2.28. The van der Waals surface area contributed by atoms with E-state index in [4.69, 9.17) is 10.3 Å². The molecule has 0 aliphatic rings. The summed E-state index contributed by atoms with van der Waals surface area (Å²) in [6.07, 6.45) is 1.39. The summed E-state index contributed by atoms with van der Waals surface area (Å²) in [6.45, 7) is 1.82. The zero-order chi connectivity index (χ0) is 13.8. The van der Waals surface area contributed by atoms with Crippen LogP contribution < -0.4 is 0 Å². The van der Waals surface area contributed by atoms with Crippen molar-refractivity contribution in [1.29, 1.82) is 0 Å². The molecular weight excluding hydrogens is 250 g/mol. The van der Waals surface area contributed by atoms with Gasteiger partial charge in [0.1, 0.15) is 5.56 Å². The van der Waals surface area contributed by atoms with Crippen LogP contribution in [0.1, 0.15) is 17.3 Å². The fourth-order valence-corrected chi connectivity index (χ4v) is 1.54. The number of hydrogen-bond acceptors (Lipinski definition) is 6. The summed E-state index contributed by atoms with van der Waals surface area (Å²) in [5.41, 5.74) is 8.82. The fourth-order valence-electron chi connectivity index (χ4n) is 1.54. The summed E-state index contributed by atoms with van der Waals surface area (Å²) in [5.74, 6) is -1.18. The molecule has 8 nitrogen and oxygen atoms in total. The normalized spacial score (nSPS) is 9.95. The maximum Gasteiger partial charge on any atom is 0.343 e. The van der Waals surface area contributed by atoms with E-state index < -0.39 is 11.8 Å². The van der Waals surface area contributed by atoms with Gasteiger partial charge in [0, 0.05) is 16.5 Å². The van der Waals surface area contributed by atoms with Crippen molar-refractivity contribution in [3.63, 3.8) is 0 Å². The standard InChI is InChI=1S/C11H9N5O3/c1-2-19-11(18)7-5-6-8(15-16-12)3-4-13-9(6)14-10(7)17/h3-5H,2H2,1H3,(H,13,14,17). The molecule has 0 atom stereocenters. The topological polar surface area (TPSA) is 121 Å². The third-order valence-corrected chi connectivity index (χ3v) is 2.34. The molecule has 0 bridgehead atoms. The maximum absolute atomic E-state index is 11.6. The van der Waals surface area contributed by atoms with Gasteiger partial charge >= 0.3 is 5.97 Å². The summed E-state index contributed by atoms with van der Waals surface area (Å²) < 4.78 is 4.79. The summed E-state index contributed by atoms with van der Waals surface area (Å²) in [6, 6.07) is 2.82. The second kappa shape index (κ2) is 5.19. The number of ether oxygens (including phenoxy) is 1.